The number of para-hydroxylation sites is 1. The van der Waals surface area contributed by atoms with Gasteiger partial charge < -0.3 is 14.6 Å². The van der Waals surface area contributed by atoms with Gasteiger partial charge in [0.05, 0.1) is 25.1 Å². The number of benzene rings is 1. The zero-order valence-corrected chi connectivity index (χ0v) is 20.3. The number of aromatic hydroxyl groups is 1. The Bertz CT molecular complexity index is 1070. The maximum atomic E-state index is 10.6. The van der Waals surface area contributed by atoms with Gasteiger partial charge in [-0.1, -0.05) is 32.1 Å². The zero-order valence-electron chi connectivity index (χ0n) is 19.5. The minimum absolute atomic E-state index is 0.0701. The highest BCUT2D eigenvalue weighted by Gasteiger charge is 2.22. The molecule has 0 saturated heterocycles. The van der Waals surface area contributed by atoms with Gasteiger partial charge in [-0.05, 0) is 31.0 Å². The molecule has 0 aliphatic heterocycles. The van der Waals surface area contributed by atoms with Crippen molar-refractivity contribution in [2.45, 2.75) is 38.4 Å². The molecule has 2 unspecified atom stereocenters. The fourth-order valence-electron chi connectivity index (χ4n) is 3.13. The molecule has 0 spiro atoms. The van der Waals surface area contributed by atoms with E-state index < -0.39 is 0 Å². The Hall–Kier alpha value is -3.11. The van der Waals surface area contributed by atoms with Crippen molar-refractivity contribution in [3.63, 3.8) is 0 Å². The van der Waals surface area contributed by atoms with E-state index in [9.17, 15) is 5.11 Å². The lowest BCUT2D eigenvalue weighted by atomic mass is 10.1. The van der Waals surface area contributed by atoms with Crippen molar-refractivity contribution < 1.29 is 14.6 Å². The molecule has 3 rings (SSSR count). The summed E-state index contributed by atoms with van der Waals surface area (Å²) in [5.74, 6) is 1.88. The molecule has 2 heterocycles. The molecule has 3 aromatic rings. The molecule has 0 aliphatic carbocycles. The molecule has 0 radical (unpaired) electrons. The second kappa shape index (κ2) is 11.7. The number of methoxy groups -OCH3 is 2. The van der Waals surface area contributed by atoms with Crippen LogP contribution in [0, 0.1) is 6.92 Å². The number of hydrogen-bond donors (Lipinski definition) is 2. The van der Waals surface area contributed by atoms with Gasteiger partial charge in [0.1, 0.15) is 23.0 Å². The summed E-state index contributed by atoms with van der Waals surface area (Å²) in [5, 5.41) is 19.5. The average Bonchev–Trinajstić information content (AvgIpc) is 3.22. The van der Waals surface area contributed by atoms with Gasteiger partial charge in [0.2, 0.25) is 5.95 Å². The van der Waals surface area contributed by atoms with Crippen molar-refractivity contribution in [1.29, 1.82) is 0 Å². The topological polar surface area (TPSA) is 107 Å². The Kier molecular flexibility index (Phi) is 8.67. The number of nitrogens with one attached hydrogen (secondary N) is 1. The van der Waals surface area contributed by atoms with Crippen LogP contribution in [0.3, 0.4) is 0 Å². The molecular weight excluding hydrogens is 440 g/mol. The number of rotatable bonds is 11. The van der Waals surface area contributed by atoms with Crippen molar-refractivity contribution >= 4 is 17.9 Å². The SMILES string of the molecule is COC/C=C\Cc1nnc(NSC(C)C(C)c2cnc(C)cn2)n1-c1c(O)cccc1OC. The summed E-state index contributed by atoms with van der Waals surface area (Å²) < 4.78 is 15.7. The summed E-state index contributed by atoms with van der Waals surface area (Å²) >= 11 is 1.51. The molecule has 176 valence electrons. The van der Waals surface area contributed by atoms with E-state index in [-0.39, 0.29) is 16.9 Å². The van der Waals surface area contributed by atoms with Crippen LogP contribution in [-0.2, 0) is 11.2 Å². The van der Waals surface area contributed by atoms with Gasteiger partial charge >= 0.3 is 0 Å². The normalized spacial score (nSPS) is 13.2. The minimum atomic E-state index is 0.0701. The number of allylic oxidation sites excluding steroid dienone is 1. The fraction of sp³-hybridized carbons (Fsp3) is 0.391. The molecule has 2 aromatic heterocycles. The van der Waals surface area contributed by atoms with Gasteiger partial charge in [0, 0.05) is 37.1 Å². The number of aromatic nitrogens is 5. The van der Waals surface area contributed by atoms with Crippen molar-refractivity contribution in [2.24, 2.45) is 0 Å². The van der Waals surface area contributed by atoms with Gasteiger partial charge in [0.25, 0.3) is 0 Å². The van der Waals surface area contributed by atoms with E-state index >= 15 is 0 Å². The summed E-state index contributed by atoms with van der Waals surface area (Å²) in [6.45, 7) is 6.65. The molecular formula is C23H30N6O3S. The third-order valence-electron chi connectivity index (χ3n) is 5.19. The quantitative estimate of drug-likeness (QED) is 0.317. The van der Waals surface area contributed by atoms with Crippen LogP contribution in [0.25, 0.3) is 5.69 Å². The van der Waals surface area contributed by atoms with Gasteiger partial charge in [0.15, 0.2) is 0 Å². The van der Waals surface area contributed by atoms with E-state index in [0.29, 0.717) is 36.2 Å². The highest BCUT2D eigenvalue weighted by Crippen LogP contribution is 2.36. The van der Waals surface area contributed by atoms with Crippen molar-refractivity contribution in [3.05, 3.63) is 60.0 Å². The molecule has 1 aromatic carbocycles. The van der Waals surface area contributed by atoms with Crippen LogP contribution in [0.4, 0.5) is 5.95 Å². The van der Waals surface area contributed by atoms with Gasteiger partial charge in [-0.25, -0.2) is 0 Å². The zero-order chi connectivity index (χ0) is 23.8. The number of anilines is 1. The van der Waals surface area contributed by atoms with Crippen LogP contribution >= 0.6 is 11.9 Å². The van der Waals surface area contributed by atoms with Crippen molar-refractivity contribution in [2.75, 3.05) is 25.5 Å². The minimum Gasteiger partial charge on any atom is -0.506 e. The number of nitrogens with zero attached hydrogens (tertiary/aromatic N) is 5. The number of phenols is 1. The summed E-state index contributed by atoms with van der Waals surface area (Å²) in [7, 11) is 3.21. The van der Waals surface area contributed by atoms with Gasteiger partial charge in [-0.3, -0.25) is 19.3 Å². The Morgan fingerprint density at radius 1 is 1.15 bits per heavy atom. The summed E-state index contributed by atoms with van der Waals surface area (Å²) in [4.78, 5) is 8.86. The number of hydrogen-bond acceptors (Lipinski definition) is 9. The molecule has 2 N–H and O–H groups in total. The first-order chi connectivity index (χ1) is 16.0. The second-order valence-corrected chi connectivity index (χ2v) is 8.71. The summed E-state index contributed by atoms with van der Waals surface area (Å²) in [6.07, 6.45) is 7.96. The van der Waals surface area contributed by atoms with Crippen LogP contribution < -0.4 is 9.46 Å². The van der Waals surface area contributed by atoms with Gasteiger partial charge in [-0.15, -0.1) is 10.2 Å². The summed E-state index contributed by atoms with van der Waals surface area (Å²) in [5.41, 5.74) is 2.30. The molecule has 0 aliphatic rings. The van der Waals surface area contributed by atoms with E-state index in [2.05, 4.69) is 38.7 Å². The molecule has 9 nitrogen and oxygen atoms in total. The highest BCUT2D eigenvalue weighted by atomic mass is 32.2. The van der Waals surface area contributed by atoms with Crippen LogP contribution in [0.5, 0.6) is 11.5 Å². The first kappa shape index (κ1) is 24.5. The van der Waals surface area contributed by atoms with E-state index in [4.69, 9.17) is 9.47 Å². The van der Waals surface area contributed by atoms with Crippen LogP contribution in [-0.4, -0.2) is 55.9 Å². The van der Waals surface area contributed by atoms with E-state index in [1.807, 2.05) is 25.3 Å². The van der Waals surface area contributed by atoms with Crippen LogP contribution in [0.2, 0.25) is 0 Å². The third kappa shape index (κ3) is 6.02. The van der Waals surface area contributed by atoms with Crippen LogP contribution in [0.1, 0.15) is 37.0 Å². The Balaban J connectivity index is 1.87. The standard InChI is InChI=1S/C23H30N6O3S/c1-15-13-25-18(14-24-15)16(2)17(3)33-28-23-27-26-21(11-6-7-12-31-4)29(23)22-19(30)9-8-10-20(22)32-5/h6-10,13-14,16-17,30H,11-12H2,1-5H3,(H,27,28)/b7-6-. The predicted octanol–water partition coefficient (Wildman–Crippen LogP) is 4.08. The fourth-order valence-corrected chi connectivity index (χ4v) is 3.90. The maximum Gasteiger partial charge on any atom is 0.239 e. The first-order valence-corrected chi connectivity index (χ1v) is 11.5. The lowest BCUT2D eigenvalue weighted by Gasteiger charge is -2.20. The Morgan fingerprint density at radius 3 is 2.67 bits per heavy atom. The largest absolute Gasteiger partial charge is 0.506 e. The van der Waals surface area contributed by atoms with Crippen molar-refractivity contribution in [1.82, 2.24) is 24.7 Å². The summed E-state index contributed by atoms with van der Waals surface area (Å²) in [6, 6.07) is 5.13. The van der Waals surface area contributed by atoms with E-state index in [1.165, 1.54) is 11.9 Å². The molecule has 0 amide bonds. The number of phenolic OH excluding ortho intramolecular Hbond substituents is 1. The predicted molar refractivity (Wildman–Crippen MR) is 130 cm³/mol. The third-order valence-corrected chi connectivity index (χ3v) is 6.27. The molecule has 0 saturated carbocycles. The maximum absolute atomic E-state index is 10.6. The van der Waals surface area contributed by atoms with Gasteiger partial charge in [-0.2, -0.15) is 0 Å². The van der Waals surface area contributed by atoms with E-state index in [1.54, 1.807) is 43.2 Å². The molecule has 0 fully saturated rings. The second-order valence-electron chi connectivity index (χ2n) is 7.53. The van der Waals surface area contributed by atoms with Crippen LogP contribution in [0.15, 0.2) is 42.7 Å². The Labute approximate surface area is 198 Å². The molecule has 2 atom stereocenters. The average molecular weight is 471 g/mol. The lowest BCUT2D eigenvalue weighted by molar-refractivity contribution is 0.233. The monoisotopic (exact) mass is 470 g/mol. The molecule has 0 bridgehead atoms. The molecule has 33 heavy (non-hydrogen) atoms. The van der Waals surface area contributed by atoms with E-state index in [0.717, 1.165) is 11.4 Å². The highest BCUT2D eigenvalue weighted by molar-refractivity contribution is 8.01. The Morgan fingerprint density at radius 2 is 1.97 bits per heavy atom. The number of ether oxygens (including phenoxy) is 2. The number of aryl methyl sites for hydroxylation is 1. The van der Waals surface area contributed by atoms with Crippen molar-refractivity contribution in [3.8, 4) is 17.2 Å². The molecule has 10 heteroatoms. The smallest absolute Gasteiger partial charge is 0.239 e. The lowest BCUT2D eigenvalue weighted by Crippen LogP contribution is -2.14. The first-order valence-electron chi connectivity index (χ1n) is 10.6.